The van der Waals surface area contributed by atoms with Crippen molar-refractivity contribution >= 4 is 0 Å². The van der Waals surface area contributed by atoms with Crippen molar-refractivity contribution in [2.24, 2.45) is 5.92 Å². The molecule has 172 valence electrons. The van der Waals surface area contributed by atoms with Crippen LogP contribution in [0.3, 0.4) is 0 Å². The SMILES string of the molecule is C=C/C(=C\C=C(\C)CCC)OCc1ccccc1.CCCC.CCCCCC(C)C. The molecule has 1 heteroatoms. The molecule has 0 heterocycles. The highest BCUT2D eigenvalue weighted by Gasteiger charge is 1.94. The van der Waals surface area contributed by atoms with Crippen LogP contribution < -0.4 is 0 Å². The van der Waals surface area contributed by atoms with Crippen LogP contribution in [-0.2, 0) is 11.3 Å². The minimum atomic E-state index is 0.583. The van der Waals surface area contributed by atoms with Crippen LogP contribution in [0.1, 0.15) is 105 Å². The molecule has 0 fully saturated rings. The fourth-order valence-corrected chi connectivity index (χ4v) is 2.42. The molecule has 0 atom stereocenters. The predicted molar refractivity (Wildman–Crippen MR) is 138 cm³/mol. The maximum absolute atomic E-state index is 5.70. The van der Waals surface area contributed by atoms with Gasteiger partial charge in [-0.1, -0.05) is 135 Å². The molecule has 0 N–H and O–H groups in total. The van der Waals surface area contributed by atoms with Crippen molar-refractivity contribution in [2.75, 3.05) is 0 Å². The van der Waals surface area contributed by atoms with Gasteiger partial charge in [0.15, 0.2) is 0 Å². The molecule has 0 bridgehead atoms. The zero-order valence-corrected chi connectivity index (χ0v) is 21.2. The standard InChI is InChI=1S/C17H22O.C8H18.C4H10/c1-4-9-15(3)12-13-17(5-2)18-14-16-10-7-6-8-11-16;1-4-5-6-7-8(2)3;1-3-4-2/h5-8,10-13H,2,4,9,14H2,1,3H3;8H,4-7H2,1-3H3;3-4H2,1-2H3/b15-12-,17-13+;;. The van der Waals surface area contributed by atoms with Crippen molar-refractivity contribution in [3.63, 3.8) is 0 Å². The molecule has 0 amide bonds. The molecule has 0 aliphatic carbocycles. The lowest BCUT2D eigenvalue weighted by Crippen LogP contribution is -1.91. The van der Waals surface area contributed by atoms with Crippen molar-refractivity contribution in [3.05, 3.63) is 72.0 Å². The van der Waals surface area contributed by atoms with Gasteiger partial charge in [0.25, 0.3) is 0 Å². The van der Waals surface area contributed by atoms with Crippen LogP contribution in [0.5, 0.6) is 0 Å². The van der Waals surface area contributed by atoms with Crippen molar-refractivity contribution in [1.82, 2.24) is 0 Å². The lowest BCUT2D eigenvalue weighted by molar-refractivity contribution is 0.211. The Labute approximate surface area is 189 Å². The van der Waals surface area contributed by atoms with Gasteiger partial charge in [-0.05, 0) is 37.0 Å². The molecule has 0 radical (unpaired) electrons. The first-order valence-electron chi connectivity index (χ1n) is 12.1. The lowest BCUT2D eigenvalue weighted by Gasteiger charge is -2.06. The summed E-state index contributed by atoms with van der Waals surface area (Å²) < 4.78 is 5.70. The zero-order valence-electron chi connectivity index (χ0n) is 21.2. The van der Waals surface area contributed by atoms with E-state index in [2.05, 4.69) is 73.3 Å². The highest BCUT2D eigenvalue weighted by atomic mass is 16.5. The van der Waals surface area contributed by atoms with Gasteiger partial charge in [0.1, 0.15) is 12.4 Å². The third-order valence-corrected chi connectivity index (χ3v) is 4.51. The molecule has 1 nitrogen and oxygen atoms in total. The number of allylic oxidation sites excluding steroid dienone is 4. The van der Waals surface area contributed by atoms with E-state index < -0.39 is 0 Å². The Morgan fingerprint density at radius 1 is 0.900 bits per heavy atom. The number of unbranched alkanes of at least 4 members (excludes halogenated alkanes) is 3. The molecule has 1 rings (SSSR count). The van der Waals surface area contributed by atoms with Gasteiger partial charge in [-0.2, -0.15) is 0 Å². The first kappa shape index (κ1) is 30.4. The minimum absolute atomic E-state index is 0.583. The Morgan fingerprint density at radius 3 is 2.00 bits per heavy atom. The van der Waals surface area contributed by atoms with Crippen LogP contribution in [0.15, 0.2) is 66.5 Å². The first-order valence-corrected chi connectivity index (χ1v) is 12.1. The topological polar surface area (TPSA) is 9.23 Å². The Hall–Kier alpha value is -1.76. The highest BCUT2D eigenvalue weighted by Crippen LogP contribution is 2.09. The summed E-state index contributed by atoms with van der Waals surface area (Å²) in [5.74, 6) is 1.72. The molecule has 0 saturated heterocycles. The fourth-order valence-electron chi connectivity index (χ4n) is 2.42. The molecule has 0 unspecified atom stereocenters. The Kier molecular flexibility index (Phi) is 23.9. The van der Waals surface area contributed by atoms with E-state index in [1.165, 1.54) is 56.1 Å². The van der Waals surface area contributed by atoms with E-state index in [1.807, 2.05) is 24.3 Å². The molecule has 1 aromatic rings. The molecule has 0 saturated carbocycles. The number of hydrogen-bond acceptors (Lipinski definition) is 1. The average molecular weight is 415 g/mol. The van der Waals surface area contributed by atoms with E-state index in [0.29, 0.717) is 6.61 Å². The minimum Gasteiger partial charge on any atom is -0.489 e. The number of rotatable bonds is 12. The second kappa shape index (κ2) is 23.5. The summed E-state index contributed by atoms with van der Waals surface area (Å²) in [5.41, 5.74) is 2.53. The summed E-state index contributed by atoms with van der Waals surface area (Å²) >= 11 is 0. The summed E-state index contributed by atoms with van der Waals surface area (Å²) in [6.45, 7) is 19.9. The Morgan fingerprint density at radius 2 is 1.53 bits per heavy atom. The first-order chi connectivity index (χ1) is 14.4. The van der Waals surface area contributed by atoms with Gasteiger partial charge >= 0.3 is 0 Å². The van der Waals surface area contributed by atoms with Gasteiger partial charge in [-0.15, -0.1) is 0 Å². The van der Waals surface area contributed by atoms with E-state index in [1.54, 1.807) is 6.08 Å². The van der Waals surface area contributed by atoms with Crippen LogP contribution >= 0.6 is 0 Å². The molecule has 0 aliphatic heterocycles. The van der Waals surface area contributed by atoms with Crippen LogP contribution in [0, 0.1) is 5.92 Å². The largest absolute Gasteiger partial charge is 0.489 e. The van der Waals surface area contributed by atoms with Gasteiger partial charge in [-0.25, -0.2) is 0 Å². The average Bonchev–Trinajstić information content (AvgIpc) is 2.75. The van der Waals surface area contributed by atoms with Crippen LogP contribution in [0.2, 0.25) is 0 Å². The predicted octanol–water partition coefficient (Wildman–Crippen LogP) is 10.0. The second-order valence-electron chi connectivity index (χ2n) is 8.20. The monoisotopic (exact) mass is 414 g/mol. The van der Waals surface area contributed by atoms with Gasteiger partial charge in [-0.3, -0.25) is 0 Å². The zero-order chi connectivity index (χ0) is 23.0. The van der Waals surface area contributed by atoms with E-state index in [4.69, 9.17) is 4.74 Å². The molecule has 1 aromatic carbocycles. The maximum Gasteiger partial charge on any atom is 0.119 e. The summed E-state index contributed by atoms with van der Waals surface area (Å²) in [6, 6.07) is 10.1. The van der Waals surface area contributed by atoms with E-state index in [0.717, 1.165) is 18.1 Å². The summed E-state index contributed by atoms with van der Waals surface area (Å²) in [6.07, 6.45) is 16.4. The molecule has 0 aromatic heterocycles. The van der Waals surface area contributed by atoms with Gasteiger partial charge in [0, 0.05) is 0 Å². The lowest BCUT2D eigenvalue weighted by atomic mass is 10.1. The molecular weight excluding hydrogens is 364 g/mol. The van der Waals surface area contributed by atoms with Crippen LogP contribution in [0.4, 0.5) is 0 Å². The number of hydrogen-bond donors (Lipinski definition) is 0. The van der Waals surface area contributed by atoms with Crippen LogP contribution in [0.25, 0.3) is 0 Å². The molecule has 0 spiro atoms. The summed E-state index contributed by atoms with van der Waals surface area (Å²) in [4.78, 5) is 0. The summed E-state index contributed by atoms with van der Waals surface area (Å²) in [7, 11) is 0. The van der Waals surface area contributed by atoms with Crippen molar-refractivity contribution in [2.45, 2.75) is 106 Å². The highest BCUT2D eigenvalue weighted by molar-refractivity contribution is 5.20. The quantitative estimate of drug-likeness (QED) is 0.188. The van der Waals surface area contributed by atoms with Gasteiger partial charge in [0.2, 0.25) is 0 Å². The number of ether oxygens (including phenoxy) is 1. The Balaban J connectivity index is 0. The normalized spacial score (nSPS) is 11.2. The van der Waals surface area contributed by atoms with Crippen LogP contribution in [-0.4, -0.2) is 0 Å². The molecular formula is C29H50O. The molecule has 30 heavy (non-hydrogen) atoms. The van der Waals surface area contributed by atoms with E-state index in [-0.39, 0.29) is 0 Å². The van der Waals surface area contributed by atoms with Crippen molar-refractivity contribution in [3.8, 4) is 0 Å². The third-order valence-electron chi connectivity index (χ3n) is 4.51. The van der Waals surface area contributed by atoms with Gasteiger partial charge < -0.3 is 4.74 Å². The van der Waals surface area contributed by atoms with Crippen molar-refractivity contribution in [1.29, 1.82) is 0 Å². The molecule has 0 aliphatic rings. The third kappa shape index (κ3) is 22.5. The second-order valence-corrected chi connectivity index (χ2v) is 8.20. The fraction of sp³-hybridized carbons (Fsp3) is 0.586. The smallest absolute Gasteiger partial charge is 0.119 e. The summed E-state index contributed by atoms with van der Waals surface area (Å²) in [5, 5.41) is 0. The van der Waals surface area contributed by atoms with E-state index >= 15 is 0 Å². The maximum atomic E-state index is 5.70. The van der Waals surface area contributed by atoms with E-state index in [9.17, 15) is 0 Å². The van der Waals surface area contributed by atoms with Crippen molar-refractivity contribution < 1.29 is 4.74 Å². The Bertz CT molecular complexity index is 535. The number of benzene rings is 1. The van der Waals surface area contributed by atoms with Gasteiger partial charge in [0.05, 0.1) is 0 Å².